The number of benzene rings is 2. The number of carbonyl (C=O) groups is 1. The minimum atomic E-state index is -0.371. The number of methoxy groups -OCH3 is 1. The molecular formula is C15H12Cl2N2O3. The summed E-state index contributed by atoms with van der Waals surface area (Å²) >= 11 is 11.6. The summed E-state index contributed by atoms with van der Waals surface area (Å²) in [6.07, 6.45) is 1.39. The molecule has 2 rings (SSSR count). The monoisotopic (exact) mass is 338 g/mol. The Hall–Kier alpha value is -2.24. The van der Waals surface area contributed by atoms with Gasteiger partial charge in [-0.3, -0.25) is 4.79 Å². The molecule has 5 nitrogen and oxygen atoms in total. The third-order valence-corrected chi connectivity index (χ3v) is 3.30. The molecule has 0 aromatic heterocycles. The molecule has 22 heavy (non-hydrogen) atoms. The zero-order valence-corrected chi connectivity index (χ0v) is 13.0. The first kappa shape index (κ1) is 16.1. The van der Waals surface area contributed by atoms with Crippen molar-refractivity contribution in [1.29, 1.82) is 0 Å². The molecule has 0 heterocycles. The lowest BCUT2D eigenvalue weighted by Gasteiger charge is -2.06. The number of phenols is 1. The summed E-state index contributed by atoms with van der Waals surface area (Å²) in [7, 11) is 1.41. The Morgan fingerprint density at radius 1 is 1.27 bits per heavy atom. The average molecular weight is 339 g/mol. The molecule has 0 unspecified atom stereocenters. The van der Waals surface area contributed by atoms with Crippen molar-refractivity contribution in [3.05, 3.63) is 57.6 Å². The molecule has 0 atom stereocenters. The molecule has 2 aromatic rings. The van der Waals surface area contributed by atoms with Crippen LogP contribution in [0.3, 0.4) is 0 Å². The summed E-state index contributed by atoms with van der Waals surface area (Å²) in [5.74, 6) is -0.297. The SMILES string of the molecule is COc1cc(/C=N/NC(=O)c2ccc(Cl)cc2)cc(Cl)c1O. The number of ether oxygens (including phenoxy) is 1. The maximum absolute atomic E-state index is 11.8. The number of amides is 1. The van der Waals surface area contributed by atoms with Gasteiger partial charge in [0.1, 0.15) is 0 Å². The van der Waals surface area contributed by atoms with Crippen LogP contribution in [-0.4, -0.2) is 24.3 Å². The summed E-state index contributed by atoms with van der Waals surface area (Å²) in [4.78, 5) is 11.8. The molecule has 7 heteroatoms. The summed E-state index contributed by atoms with van der Waals surface area (Å²) in [5, 5.41) is 14.1. The normalized spacial score (nSPS) is 10.7. The number of hydrazone groups is 1. The van der Waals surface area contributed by atoms with E-state index in [4.69, 9.17) is 27.9 Å². The van der Waals surface area contributed by atoms with Gasteiger partial charge in [0, 0.05) is 10.6 Å². The van der Waals surface area contributed by atoms with E-state index in [0.29, 0.717) is 16.1 Å². The summed E-state index contributed by atoms with van der Waals surface area (Å²) in [6, 6.07) is 9.45. The van der Waals surface area contributed by atoms with Gasteiger partial charge in [-0.05, 0) is 42.0 Å². The summed E-state index contributed by atoms with van der Waals surface area (Å²) in [5.41, 5.74) is 3.38. The number of nitrogens with one attached hydrogen (secondary N) is 1. The highest BCUT2D eigenvalue weighted by molar-refractivity contribution is 6.32. The Labute approximate surface area is 137 Å². The van der Waals surface area contributed by atoms with Crippen molar-refractivity contribution in [1.82, 2.24) is 5.43 Å². The van der Waals surface area contributed by atoms with Crippen LogP contribution in [0.2, 0.25) is 10.0 Å². The first-order valence-electron chi connectivity index (χ1n) is 6.16. The van der Waals surface area contributed by atoms with Gasteiger partial charge in [-0.15, -0.1) is 0 Å². The van der Waals surface area contributed by atoms with Crippen molar-refractivity contribution in [2.45, 2.75) is 0 Å². The van der Waals surface area contributed by atoms with Gasteiger partial charge >= 0.3 is 0 Å². The first-order chi connectivity index (χ1) is 10.5. The first-order valence-corrected chi connectivity index (χ1v) is 6.92. The van der Waals surface area contributed by atoms with Crippen LogP contribution in [0.25, 0.3) is 0 Å². The maximum atomic E-state index is 11.8. The van der Waals surface area contributed by atoms with Crippen LogP contribution in [0.5, 0.6) is 11.5 Å². The Morgan fingerprint density at radius 3 is 2.59 bits per heavy atom. The zero-order chi connectivity index (χ0) is 16.1. The Bertz CT molecular complexity index is 715. The van der Waals surface area contributed by atoms with Crippen molar-refractivity contribution in [2.24, 2.45) is 5.10 Å². The highest BCUT2D eigenvalue weighted by Gasteiger charge is 2.08. The fraction of sp³-hybridized carbons (Fsp3) is 0.0667. The van der Waals surface area contributed by atoms with Crippen LogP contribution in [0.4, 0.5) is 0 Å². The summed E-state index contributed by atoms with van der Waals surface area (Å²) < 4.78 is 4.98. The van der Waals surface area contributed by atoms with Crippen molar-refractivity contribution in [3.63, 3.8) is 0 Å². The van der Waals surface area contributed by atoms with Gasteiger partial charge in [-0.25, -0.2) is 5.43 Å². The lowest BCUT2D eigenvalue weighted by Crippen LogP contribution is -2.17. The Kier molecular flexibility index (Phi) is 5.25. The number of hydrogen-bond acceptors (Lipinski definition) is 4. The zero-order valence-electron chi connectivity index (χ0n) is 11.5. The Balaban J connectivity index is 2.08. The van der Waals surface area contributed by atoms with E-state index in [9.17, 15) is 9.90 Å². The molecule has 114 valence electrons. The molecule has 0 aliphatic rings. The minimum absolute atomic E-state index is 0.129. The van der Waals surface area contributed by atoms with E-state index in [1.807, 2.05) is 0 Å². The van der Waals surface area contributed by atoms with Crippen LogP contribution in [-0.2, 0) is 0 Å². The van der Waals surface area contributed by atoms with Gasteiger partial charge in [0.2, 0.25) is 0 Å². The van der Waals surface area contributed by atoms with Gasteiger partial charge in [0.25, 0.3) is 5.91 Å². The van der Waals surface area contributed by atoms with E-state index in [-0.39, 0.29) is 22.4 Å². The van der Waals surface area contributed by atoms with E-state index < -0.39 is 0 Å². The second-order valence-electron chi connectivity index (χ2n) is 4.26. The maximum Gasteiger partial charge on any atom is 0.271 e. The summed E-state index contributed by atoms with van der Waals surface area (Å²) in [6.45, 7) is 0. The molecular weight excluding hydrogens is 327 g/mol. The highest BCUT2D eigenvalue weighted by atomic mass is 35.5. The molecule has 0 bridgehead atoms. The lowest BCUT2D eigenvalue weighted by atomic mass is 10.2. The third-order valence-electron chi connectivity index (χ3n) is 2.76. The molecule has 0 aliphatic carbocycles. The Morgan fingerprint density at radius 2 is 1.95 bits per heavy atom. The second-order valence-corrected chi connectivity index (χ2v) is 5.10. The number of nitrogens with zero attached hydrogens (tertiary/aromatic N) is 1. The van der Waals surface area contributed by atoms with Crippen LogP contribution in [0.1, 0.15) is 15.9 Å². The highest BCUT2D eigenvalue weighted by Crippen LogP contribution is 2.34. The molecule has 0 saturated carbocycles. The molecule has 0 saturated heterocycles. The van der Waals surface area contributed by atoms with Gasteiger partial charge in [0.05, 0.1) is 18.3 Å². The topological polar surface area (TPSA) is 70.9 Å². The van der Waals surface area contributed by atoms with Crippen molar-refractivity contribution < 1.29 is 14.6 Å². The van der Waals surface area contributed by atoms with Gasteiger partial charge < -0.3 is 9.84 Å². The molecule has 0 aliphatic heterocycles. The predicted octanol–water partition coefficient (Wildman–Crippen LogP) is 3.47. The lowest BCUT2D eigenvalue weighted by molar-refractivity contribution is 0.0955. The molecule has 2 aromatic carbocycles. The van der Waals surface area contributed by atoms with Crippen molar-refractivity contribution in [3.8, 4) is 11.5 Å². The number of hydrogen-bond donors (Lipinski definition) is 2. The predicted molar refractivity (Wildman–Crippen MR) is 86.2 cm³/mol. The largest absolute Gasteiger partial charge is 0.503 e. The van der Waals surface area contributed by atoms with E-state index in [2.05, 4.69) is 10.5 Å². The van der Waals surface area contributed by atoms with Crippen molar-refractivity contribution >= 4 is 35.3 Å². The van der Waals surface area contributed by atoms with Gasteiger partial charge in [-0.1, -0.05) is 23.2 Å². The number of phenolic OH excluding ortho intramolecular Hbond substituents is 1. The van der Waals surface area contributed by atoms with Crippen LogP contribution < -0.4 is 10.2 Å². The third kappa shape index (κ3) is 3.90. The average Bonchev–Trinajstić information content (AvgIpc) is 2.51. The fourth-order valence-corrected chi connectivity index (χ4v) is 2.00. The number of carbonyl (C=O) groups excluding carboxylic acids is 1. The molecule has 2 N–H and O–H groups in total. The standard InChI is InChI=1S/C15H12Cl2N2O3/c1-22-13-7-9(6-12(17)14(13)20)8-18-19-15(21)10-2-4-11(16)5-3-10/h2-8,20H,1H3,(H,19,21)/b18-8+. The van der Waals surface area contributed by atoms with E-state index in [1.165, 1.54) is 19.4 Å². The molecule has 0 spiro atoms. The van der Waals surface area contributed by atoms with Crippen LogP contribution in [0.15, 0.2) is 41.5 Å². The smallest absolute Gasteiger partial charge is 0.271 e. The van der Waals surface area contributed by atoms with Crippen molar-refractivity contribution in [2.75, 3.05) is 7.11 Å². The van der Waals surface area contributed by atoms with Crippen LogP contribution >= 0.6 is 23.2 Å². The molecule has 0 fully saturated rings. The van der Waals surface area contributed by atoms with Crippen LogP contribution in [0, 0.1) is 0 Å². The van der Waals surface area contributed by atoms with E-state index >= 15 is 0 Å². The van der Waals surface area contributed by atoms with Gasteiger partial charge in [0.15, 0.2) is 11.5 Å². The second kappa shape index (κ2) is 7.15. The molecule has 0 radical (unpaired) electrons. The van der Waals surface area contributed by atoms with E-state index in [0.717, 1.165) is 0 Å². The fourth-order valence-electron chi connectivity index (χ4n) is 1.66. The number of halogens is 2. The number of aromatic hydroxyl groups is 1. The number of rotatable bonds is 4. The minimum Gasteiger partial charge on any atom is -0.503 e. The molecule has 1 amide bonds. The van der Waals surface area contributed by atoms with E-state index in [1.54, 1.807) is 30.3 Å². The van der Waals surface area contributed by atoms with Gasteiger partial charge in [-0.2, -0.15) is 5.10 Å². The quantitative estimate of drug-likeness (QED) is 0.662.